The van der Waals surface area contributed by atoms with Crippen LogP contribution in [0, 0.1) is 22.7 Å². The second-order valence-corrected chi connectivity index (χ2v) is 12.8. The summed E-state index contributed by atoms with van der Waals surface area (Å²) in [5.74, 6) is -3.17. The summed E-state index contributed by atoms with van der Waals surface area (Å²) in [5, 5.41) is 11.5. The van der Waals surface area contributed by atoms with Crippen LogP contribution in [0.15, 0.2) is 23.8 Å². The molecule has 3 saturated carbocycles. The lowest BCUT2D eigenvalue weighted by Gasteiger charge is -2.62. The molecule has 0 aromatic heterocycles. The third kappa shape index (κ3) is 3.24. The van der Waals surface area contributed by atoms with Crippen molar-refractivity contribution < 1.29 is 47.4 Å². The molecule has 9 nitrogen and oxygen atoms in total. The predicted molar refractivity (Wildman–Crippen MR) is 120 cm³/mol. The van der Waals surface area contributed by atoms with Crippen molar-refractivity contribution >= 4 is 19.4 Å². The average Bonchev–Trinajstić information content (AvgIpc) is 3.14. The number of alkyl halides is 1. The summed E-state index contributed by atoms with van der Waals surface area (Å²) in [6.45, 7) is 5.86. The minimum atomic E-state index is -4.94. The van der Waals surface area contributed by atoms with Crippen molar-refractivity contribution in [1.29, 1.82) is 0 Å². The minimum Gasteiger partial charge on any atom is -0.390 e. The molecule has 0 aromatic rings. The number of carbonyl (C=O) groups excluding carboxylic acids is 2. The van der Waals surface area contributed by atoms with Crippen LogP contribution in [-0.4, -0.2) is 62.3 Å². The van der Waals surface area contributed by atoms with E-state index in [4.69, 9.17) is 9.47 Å². The second-order valence-electron chi connectivity index (χ2n) is 11.5. The summed E-state index contributed by atoms with van der Waals surface area (Å²) in [6.07, 6.45) is 3.06. The van der Waals surface area contributed by atoms with E-state index in [1.165, 1.54) is 12.2 Å². The molecule has 8 atom stereocenters. The molecule has 4 fully saturated rings. The van der Waals surface area contributed by atoms with E-state index in [-0.39, 0.29) is 18.6 Å². The Morgan fingerprint density at radius 3 is 2.60 bits per heavy atom. The monoisotopic (exact) mass is 514 g/mol. The van der Waals surface area contributed by atoms with Crippen molar-refractivity contribution in [2.24, 2.45) is 22.7 Å². The molecule has 0 spiro atoms. The van der Waals surface area contributed by atoms with Gasteiger partial charge in [0.25, 0.3) is 0 Å². The fraction of sp³-hybridized carbons (Fsp3) is 0.750. The number of carbonyl (C=O) groups is 2. The number of aliphatic hydroxyl groups excluding tert-OH is 1. The van der Waals surface area contributed by atoms with Crippen molar-refractivity contribution in [3.8, 4) is 0 Å². The maximum absolute atomic E-state index is 17.3. The van der Waals surface area contributed by atoms with E-state index in [0.717, 1.165) is 0 Å². The molecule has 0 bridgehead atoms. The van der Waals surface area contributed by atoms with Gasteiger partial charge in [-0.1, -0.05) is 18.6 Å². The number of phosphoric ester groups is 1. The number of hydrogen-bond acceptors (Lipinski definition) is 7. The van der Waals surface area contributed by atoms with Crippen LogP contribution in [0.1, 0.15) is 53.4 Å². The lowest BCUT2D eigenvalue weighted by Crippen LogP contribution is -2.70. The topological polar surface area (TPSA) is 140 Å². The highest BCUT2D eigenvalue weighted by molar-refractivity contribution is 7.46. The van der Waals surface area contributed by atoms with Gasteiger partial charge in [0, 0.05) is 16.7 Å². The van der Waals surface area contributed by atoms with Crippen LogP contribution < -0.4 is 0 Å². The summed E-state index contributed by atoms with van der Waals surface area (Å²) >= 11 is 0. The van der Waals surface area contributed by atoms with Crippen LogP contribution in [0.4, 0.5) is 4.39 Å². The first-order chi connectivity index (χ1) is 16.0. The number of rotatable bonds is 4. The van der Waals surface area contributed by atoms with Gasteiger partial charge in [-0.05, 0) is 64.5 Å². The molecular weight excluding hydrogens is 482 g/mol. The van der Waals surface area contributed by atoms with Gasteiger partial charge >= 0.3 is 7.82 Å². The number of ether oxygens (including phenoxy) is 2. The van der Waals surface area contributed by atoms with Crippen molar-refractivity contribution in [2.75, 3.05) is 6.61 Å². The van der Waals surface area contributed by atoms with Crippen molar-refractivity contribution in [3.63, 3.8) is 0 Å². The number of phosphoric acid groups is 1. The fourth-order valence-corrected chi connectivity index (χ4v) is 8.34. The molecule has 5 aliphatic rings. The Kier molecular flexibility index (Phi) is 5.37. The Hall–Kier alpha value is -1.26. The molecule has 1 unspecified atom stereocenters. The number of halogens is 1. The average molecular weight is 514 g/mol. The molecule has 0 radical (unpaired) electrons. The van der Waals surface area contributed by atoms with Crippen molar-refractivity contribution in [1.82, 2.24) is 0 Å². The van der Waals surface area contributed by atoms with Gasteiger partial charge < -0.3 is 24.4 Å². The zero-order chi connectivity index (χ0) is 25.8. The van der Waals surface area contributed by atoms with Gasteiger partial charge in [-0.3, -0.25) is 14.1 Å². The third-order valence-corrected chi connectivity index (χ3v) is 9.88. The number of fused-ring (bicyclic) bond motifs is 7. The van der Waals surface area contributed by atoms with Gasteiger partial charge in [0.2, 0.25) is 0 Å². The fourth-order valence-electron chi connectivity index (χ4n) is 8.06. The van der Waals surface area contributed by atoms with Gasteiger partial charge in [-0.15, -0.1) is 0 Å². The van der Waals surface area contributed by atoms with E-state index in [1.807, 2.05) is 0 Å². The highest BCUT2D eigenvalue weighted by atomic mass is 31.2. The Labute approximate surface area is 202 Å². The minimum absolute atomic E-state index is 0.132. The van der Waals surface area contributed by atoms with Gasteiger partial charge in [0.05, 0.1) is 12.2 Å². The van der Waals surface area contributed by atoms with Gasteiger partial charge in [0.1, 0.15) is 6.61 Å². The molecule has 3 N–H and O–H groups in total. The highest BCUT2D eigenvalue weighted by Crippen LogP contribution is 2.72. The summed E-state index contributed by atoms with van der Waals surface area (Å²) in [4.78, 5) is 44.0. The Morgan fingerprint density at radius 1 is 1.26 bits per heavy atom. The molecule has 0 amide bonds. The van der Waals surface area contributed by atoms with Crippen LogP contribution in [-0.2, 0) is 28.2 Å². The largest absolute Gasteiger partial charge is 0.470 e. The van der Waals surface area contributed by atoms with E-state index in [0.29, 0.717) is 18.4 Å². The summed E-state index contributed by atoms with van der Waals surface area (Å²) < 4.78 is 45.5. The second kappa shape index (κ2) is 7.40. The van der Waals surface area contributed by atoms with Crippen molar-refractivity contribution in [3.05, 3.63) is 23.8 Å². The molecule has 1 aliphatic heterocycles. The highest BCUT2D eigenvalue weighted by Gasteiger charge is 2.80. The third-order valence-electron chi connectivity index (χ3n) is 9.41. The molecule has 1 heterocycles. The van der Waals surface area contributed by atoms with E-state index in [2.05, 4.69) is 4.52 Å². The molecule has 4 aliphatic carbocycles. The number of hydrogen-bond donors (Lipinski definition) is 3. The van der Waals surface area contributed by atoms with E-state index in [1.54, 1.807) is 33.8 Å². The summed E-state index contributed by atoms with van der Waals surface area (Å²) in [5.41, 5.74) is -5.37. The van der Waals surface area contributed by atoms with E-state index in [9.17, 15) is 29.0 Å². The SMILES string of the molecule is CC1(C)O[C@@H]2C[C@H]3[C@@H]4CCC5=CC(=O)C=C[C@]5(C)C4(F)[C@@H](O)C[C@]3(C)[C@]2(C(=O)COP(=O)(O)O)O1. The number of allylic oxidation sites excluding steroid dienone is 4. The Balaban J connectivity index is 1.59. The molecule has 5 rings (SSSR count). The summed E-state index contributed by atoms with van der Waals surface area (Å²) in [7, 11) is -4.94. The molecule has 194 valence electrons. The molecule has 11 heteroatoms. The first kappa shape index (κ1) is 25.4. The van der Waals surface area contributed by atoms with Crippen LogP contribution in [0.25, 0.3) is 0 Å². The molecule has 35 heavy (non-hydrogen) atoms. The molecular formula is C24H32FO9P. The zero-order valence-electron chi connectivity index (χ0n) is 20.2. The standard InChI is InChI=1S/C24H32FO9P/c1-20(2)33-19-10-16-15-6-5-13-9-14(26)7-8-21(13,3)23(15,25)17(27)11-22(16,4)24(19,34-20)18(28)12-32-35(29,30)31/h7-9,15-17,19,27H,5-6,10-12H2,1-4H3,(H2,29,30,31)/t15-,16-,17-,19+,21-,22-,23?,24+/m0/s1. The number of ketones is 2. The van der Waals surface area contributed by atoms with Crippen LogP contribution in [0.3, 0.4) is 0 Å². The zero-order valence-corrected chi connectivity index (χ0v) is 21.1. The maximum atomic E-state index is 17.3. The number of Topliss-reactive ketones (excluding diaryl/α,β-unsaturated/α-hetero) is 1. The quantitative estimate of drug-likeness (QED) is 0.483. The van der Waals surface area contributed by atoms with Crippen LogP contribution in [0.5, 0.6) is 0 Å². The number of aliphatic hydroxyl groups is 1. The first-order valence-electron chi connectivity index (χ1n) is 11.9. The Bertz CT molecular complexity index is 1100. The molecule has 1 saturated heterocycles. The van der Waals surface area contributed by atoms with E-state index >= 15 is 4.39 Å². The Morgan fingerprint density at radius 2 is 1.94 bits per heavy atom. The normalized spacial score (nSPS) is 48.0. The van der Waals surface area contributed by atoms with Gasteiger partial charge in [-0.2, -0.15) is 0 Å². The maximum Gasteiger partial charge on any atom is 0.470 e. The van der Waals surface area contributed by atoms with Crippen LogP contribution in [0.2, 0.25) is 0 Å². The molecule has 0 aromatic carbocycles. The van der Waals surface area contributed by atoms with E-state index < -0.39 is 72.1 Å². The van der Waals surface area contributed by atoms with Gasteiger partial charge in [-0.25, -0.2) is 8.96 Å². The van der Waals surface area contributed by atoms with Crippen LogP contribution >= 0.6 is 7.82 Å². The predicted octanol–water partition coefficient (Wildman–Crippen LogP) is 2.54. The lowest BCUT2D eigenvalue weighted by atomic mass is 9.44. The summed E-state index contributed by atoms with van der Waals surface area (Å²) in [6, 6.07) is 0. The van der Waals surface area contributed by atoms with Gasteiger partial charge in [0.15, 0.2) is 28.6 Å². The van der Waals surface area contributed by atoms with Crippen molar-refractivity contribution in [2.45, 2.75) is 82.6 Å². The first-order valence-corrected chi connectivity index (χ1v) is 13.5. The smallest absolute Gasteiger partial charge is 0.390 e. The lowest BCUT2D eigenvalue weighted by molar-refractivity contribution is -0.246.